The Labute approximate surface area is 122 Å². The second-order valence-corrected chi connectivity index (χ2v) is 7.76. The van der Waals surface area contributed by atoms with Gasteiger partial charge in [0, 0.05) is 23.4 Å². The fourth-order valence-electron chi connectivity index (χ4n) is 3.00. The molecule has 0 spiro atoms. The molecule has 0 aliphatic heterocycles. The van der Waals surface area contributed by atoms with Gasteiger partial charge in [0.15, 0.2) is 0 Å². The third-order valence-electron chi connectivity index (χ3n) is 4.16. The maximum absolute atomic E-state index is 9.62. The molecule has 102 valence electrons. The summed E-state index contributed by atoms with van der Waals surface area (Å²) in [6.45, 7) is 0. The minimum atomic E-state index is -0.232. The van der Waals surface area contributed by atoms with Gasteiger partial charge in [0.2, 0.25) is 0 Å². The summed E-state index contributed by atoms with van der Waals surface area (Å²) in [5.41, 5.74) is -0.232. The van der Waals surface area contributed by atoms with E-state index in [1.807, 2.05) is 23.3 Å². The van der Waals surface area contributed by atoms with Crippen LogP contribution in [0.25, 0.3) is 0 Å². The third kappa shape index (κ3) is 3.13. The van der Waals surface area contributed by atoms with E-state index in [0.29, 0.717) is 12.0 Å². The summed E-state index contributed by atoms with van der Waals surface area (Å²) in [7, 11) is 0. The molecule has 2 fully saturated rings. The Kier molecular flexibility index (Phi) is 4.11. The second-order valence-electron chi connectivity index (χ2n) is 5.53. The SMILES string of the molecule is N#CC1(NC2CC2)CCCC1CCSc1nccs1. The number of hydrogen-bond donors (Lipinski definition) is 1. The number of rotatable bonds is 6. The summed E-state index contributed by atoms with van der Waals surface area (Å²) in [5, 5.41) is 15.3. The molecule has 0 radical (unpaired) electrons. The summed E-state index contributed by atoms with van der Waals surface area (Å²) in [6, 6.07) is 3.23. The summed E-state index contributed by atoms with van der Waals surface area (Å²) < 4.78 is 1.15. The first-order chi connectivity index (χ1) is 9.32. The van der Waals surface area contributed by atoms with Gasteiger partial charge in [-0.1, -0.05) is 18.2 Å². The predicted molar refractivity (Wildman–Crippen MR) is 79.3 cm³/mol. The van der Waals surface area contributed by atoms with Gasteiger partial charge in [0.05, 0.1) is 6.07 Å². The van der Waals surface area contributed by atoms with Crippen LogP contribution in [0.2, 0.25) is 0 Å². The van der Waals surface area contributed by atoms with Crippen LogP contribution < -0.4 is 5.32 Å². The molecule has 1 aromatic heterocycles. The van der Waals surface area contributed by atoms with Crippen LogP contribution >= 0.6 is 23.1 Å². The molecule has 5 heteroatoms. The first-order valence-electron chi connectivity index (χ1n) is 7.04. The van der Waals surface area contributed by atoms with Gasteiger partial charge in [-0.15, -0.1) is 11.3 Å². The molecule has 2 atom stereocenters. The van der Waals surface area contributed by atoms with Crippen LogP contribution in [0.5, 0.6) is 0 Å². The molecule has 3 nitrogen and oxygen atoms in total. The van der Waals surface area contributed by atoms with Crippen molar-refractivity contribution in [1.82, 2.24) is 10.3 Å². The van der Waals surface area contributed by atoms with E-state index in [-0.39, 0.29) is 5.54 Å². The van der Waals surface area contributed by atoms with Crippen molar-refractivity contribution in [3.05, 3.63) is 11.6 Å². The van der Waals surface area contributed by atoms with Crippen LogP contribution in [0, 0.1) is 17.2 Å². The first kappa shape index (κ1) is 13.4. The highest BCUT2D eigenvalue weighted by Crippen LogP contribution is 2.41. The van der Waals surface area contributed by atoms with E-state index in [1.165, 1.54) is 25.7 Å². The molecule has 2 unspecified atom stereocenters. The van der Waals surface area contributed by atoms with Crippen molar-refractivity contribution in [2.24, 2.45) is 5.92 Å². The fourth-order valence-corrected chi connectivity index (χ4v) is 4.76. The van der Waals surface area contributed by atoms with E-state index in [2.05, 4.69) is 16.4 Å². The number of nitrogens with zero attached hydrogens (tertiary/aromatic N) is 2. The monoisotopic (exact) mass is 293 g/mol. The number of thioether (sulfide) groups is 1. The average molecular weight is 293 g/mol. The molecule has 0 bridgehead atoms. The van der Waals surface area contributed by atoms with Crippen LogP contribution in [-0.2, 0) is 0 Å². The maximum Gasteiger partial charge on any atom is 0.149 e. The lowest BCUT2D eigenvalue weighted by Crippen LogP contribution is -2.48. The number of aromatic nitrogens is 1. The largest absolute Gasteiger partial charge is 0.296 e. The standard InChI is InChI=1S/C14H19N3S2/c15-10-14(17-12-3-4-12)6-1-2-11(14)5-8-18-13-16-7-9-19-13/h7,9,11-12,17H,1-6,8H2. The molecule has 0 amide bonds. The lowest BCUT2D eigenvalue weighted by atomic mass is 9.86. The Bertz CT molecular complexity index is 450. The highest BCUT2D eigenvalue weighted by atomic mass is 32.2. The smallest absolute Gasteiger partial charge is 0.149 e. The Morgan fingerprint density at radius 2 is 2.42 bits per heavy atom. The van der Waals surface area contributed by atoms with Crippen LogP contribution in [0.4, 0.5) is 0 Å². The highest BCUT2D eigenvalue weighted by molar-refractivity contribution is 8.00. The second kappa shape index (κ2) is 5.82. The lowest BCUT2D eigenvalue weighted by Gasteiger charge is -2.30. The zero-order chi connectivity index (χ0) is 13.1. The van der Waals surface area contributed by atoms with Crippen molar-refractivity contribution in [3.8, 4) is 6.07 Å². The third-order valence-corrected chi connectivity index (χ3v) is 6.16. The lowest BCUT2D eigenvalue weighted by molar-refractivity contribution is 0.308. The molecule has 0 saturated heterocycles. The zero-order valence-corrected chi connectivity index (χ0v) is 12.6. The van der Waals surface area contributed by atoms with Crippen LogP contribution in [0.3, 0.4) is 0 Å². The molecule has 1 N–H and O–H groups in total. The van der Waals surface area contributed by atoms with Crippen molar-refractivity contribution < 1.29 is 0 Å². The number of nitrogens with one attached hydrogen (secondary N) is 1. The number of thiazole rings is 1. The Morgan fingerprint density at radius 3 is 3.11 bits per heavy atom. The highest BCUT2D eigenvalue weighted by Gasteiger charge is 2.45. The van der Waals surface area contributed by atoms with Crippen molar-refractivity contribution in [3.63, 3.8) is 0 Å². The molecule has 1 heterocycles. The molecule has 2 aliphatic rings. The van der Waals surface area contributed by atoms with Gasteiger partial charge in [-0.05, 0) is 38.0 Å². The van der Waals surface area contributed by atoms with Gasteiger partial charge in [0.25, 0.3) is 0 Å². The van der Waals surface area contributed by atoms with Gasteiger partial charge in [-0.2, -0.15) is 5.26 Å². The molecule has 2 saturated carbocycles. The normalized spacial score (nSPS) is 30.4. The minimum Gasteiger partial charge on any atom is -0.296 e. The maximum atomic E-state index is 9.62. The Balaban J connectivity index is 1.54. The van der Waals surface area contributed by atoms with Crippen molar-refractivity contribution in [2.45, 2.75) is 54.4 Å². The van der Waals surface area contributed by atoms with E-state index >= 15 is 0 Å². The van der Waals surface area contributed by atoms with Gasteiger partial charge >= 0.3 is 0 Å². The van der Waals surface area contributed by atoms with Gasteiger partial charge in [-0.3, -0.25) is 5.32 Å². The molecule has 3 rings (SSSR count). The topological polar surface area (TPSA) is 48.7 Å². The van der Waals surface area contributed by atoms with Crippen LogP contribution in [-0.4, -0.2) is 22.3 Å². The van der Waals surface area contributed by atoms with Gasteiger partial charge in [0.1, 0.15) is 9.88 Å². The Hall–Kier alpha value is -0.570. The summed E-state index contributed by atoms with van der Waals surface area (Å²) in [4.78, 5) is 4.30. The van der Waals surface area contributed by atoms with E-state index < -0.39 is 0 Å². The molecule has 2 aliphatic carbocycles. The van der Waals surface area contributed by atoms with Crippen molar-refractivity contribution >= 4 is 23.1 Å². The molecular formula is C14H19N3S2. The average Bonchev–Trinajstić information content (AvgIpc) is 2.92. The zero-order valence-electron chi connectivity index (χ0n) is 11.0. The van der Waals surface area contributed by atoms with E-state index in [4.69, 9.17) is 0 Å². The summed E-state index contributed by atoms with van der Waals surface area (Å²) in [5.74, 6) is 1.60. The van der Waals surface area contributed by atoms with E-state index in [1.54, 1.807) is 11.3 Å². The summed E-state index contributed by atoms with van der Waals surface area (Å²) >= 11 is 3.53. The van der Waals surface area contributed by atoms with Crippen molar-refractivity contribution in [1.29, 1.82) is 5.26 Å². The molecule has 1 aromatic rings. The number of nitriles is 1. The molecule has 0 aromatic carbocycles. The first-order valence-corrected chi connectivity index (χ1v) is 8.90. The van der Waals surface area contributed by atoms with Gasteiger partial charge < -0.3 is 0 Å². The predicted octanol–water partition coefficient (Wildman–Crippen LogP) is 3.44. The Morgan fingerprint density at radius 1 is 1.53 bits per heavy atom. The number of hydrogen-bond acceptors (Lipinski definition) is 5. The summed E-state index contributed by atoms with van der Waals surface area (Å²) in [6.07, 6.45) is 8.92. The van der Waals surface area contributed by atoms with E-state index in [0.717, 1.165) is 22.9 Å². The van der Waals surface area contributed by atoms with Crippen LogP contribution in [0.15, 0.2) is 15.9 Å². The van der Waals surface area contributed by atoms with Crippen molar-refractivity contribution in [2.75, 3.05) is 5.75 Å². The quantitative estimate of drug-likeness (QED) is 0.816. The fraction of sp³-hybridized carbons (Fsp3) is 0.714. The molecule has 19 heavy (non-hydrogen) atoms. The molecular weight excluding hydrogens is 274 g/mol. The van der Waals surface area contributed by atoms with E-state index in [9.17, 15) is 5.26 Å². The minimum absolute atomic E-state index is 0.232. The van der Waals surface area contributed by atoms with Crippen LogP contribution in [0.1, 0.15) is 38.5 Å². The van der Waals surface area contributed by atoms with Gasteiger partial charge in [-0.25, -0.2) is 4.98 Å².